The van der Waals surface area contributed by atoms with Crippen LogP contribution in [0, 0.1) is 0 Å². The van der Waals surface area contributed by atoms with Crippen molar-refractivity contribution in [2.24, 2.45) is 0 Å². The largest absolute Gasteiger partial charge is 0.481 e. The number of rotatable bonds is 7. The molecule has 0 unspecified atom stereocenters. The summed E-state index contributed by atoms with van der Waals surface area (Å²) in [6.07, 6.45) is -0.342. The third-order valence-corrected chi connectivity index (χ3v) is 3.57. The smallest absolute Gasteiger partial charge is 0.303 e. The van der Waals surface area contributed by atoms with Crippen molar-refractivity contribution in [3.8, 4) is 0 Å². The summed E-state index contributed by atoms with van der Waals surface area (Å²) >= 11 is 0. The fourth-order valence-corrected chi connectivity index (χ4v) is 2.32. The minimum Gasteiger partial charge on any atom is -0.481 e. The minimum absolute atomic E-state index is 0.110. The molecule has 0 aliphatic carbocycles. The Morgan fingerprint density at radius 3 is 2.40 bits per heavy atom. The number of carboxylic acid groups (broad SMARTS) is 1. The van der Waals surface area contributed by atoms with E-state index in [1.807, 2.05) is 30.3 Å². The van der Waals surface area contributed by atoms with Crippen molar-refractivity contribution >= 4 is 23.5 Å². The molecule has 25 heavy (non-hydrogen) atoms. The topological polar surface area (TPSA) is 86.7 Å². The van der Waals surface area contributed by atoms with Gasteiger partial charge in [0.1, 0.15) is 0 Å². The van der Waals surface area contributed by atoms with E-state index in [9.17, 15) is 14.4 Å². The van der Waals surface area contributed by atoms with Crippen LogP contribution in [0.15, 0.2) is 54.6 Å². The fraction of sp³-hybridized carbons (Fsp3) is 0.211. The van der Waals surface area contributed by atoms with Crippen molar-refractivity contribution in [3.63, 3.8) is 0 Å². The summed E-state index contributed by atoms with van der Waals surface area (Å²) in [5, 5.41) is 11.2. The van der Waals surface area contributed by atoms with Crippen molar-refractivity contribution in [1.29, 1.82) is 0 Å². The number of carbonyl (C=O) groups is 3. The Labute approximate surface area is 146 Å². The number of nitrogens with zero attached hydrogens (tertiary/aromatic N) is 1. The predicted octanol–water partition coefficient (Wildman–Crippen LogP) is 2.76. The summed E-state index contributed by atoms with van der Waals surface area (Å²) in [6.45, 7) is 0.481. The Morgan fingerprint density at radius 1 is 1.00 bits per heavy atom. The van der Waals surface area contributed by atoms with Gasteiger partial charge in [-0.3, -0.25) is 14.4 Å². The van der Waals surface area contributed by atoms with Gasteiger partial charge in [-0.1, -0.05) is 36.4 Å². The van der Waals surface area contributed by atoms with E-state index in [0.29, 0.717) is 17.8 Å². The lowest BCUT2D eigenvalue weighted by molar-refractivity contribution is -0.138. The average molecular weight is 340 g/mol. The van der Waals surface area contributed by atoms with Gasteiger partial charge in [-0.25, -0.2) is 0 Å². The summed E-state index contributed by atoms with van der Waals surface area (Å²) in [7, 11) is 1.72. The minimum atomic E-state index is -1.03. The first-order valence-corrected chi connectivity index (χ1v) is 7.87. The molecule has 2 aromatic rings. The Bertz CT molecular complexity index is 759. The van der Waals surface area contributed by atoms with E-state index in [2.05, 4.69) is 5.32 Å². The van der Waals surface area contributed by atoms with Gasteiger partial charge < -0.3 is 15.3 Å². The summed E-state index contributed by atoms with van der Waals surface area (Å²) in [5.41, 5.74) is 1.94. The van der Waals surface area contributed by atoms with Gasteiger partial charge in [0.05, 0.1) is 6.42 Å². The average Bonchev–Trinajstić information content (AvgIpc) is 2.60. The predicted molar refractivity (Wildman–Crippen MR) is 94.2 cm³/mol. The van der Waals surface area contributed by atoms with E-state index in [0.717, 1.165) is 5.56 Å². The van der Waals surface area contributed by atoms with Crippen molar-refractivity contribution < 1.29 is 19.5 Å². The van der Waals surface area contributed by atoms with Gasteiger partial charge in [0.2, 0.25) is 5.91 Å². The lowest BCUT2D eigenvalue weighted by Crippen LogP contribution is -2.26. The van der Waals surface area contributed by atoms with Crippen LogP contribution in [-0.2, 0) is 16.1 Å². The molecule has 0 atom stereocenters. The quantitative estimate of drug-likeness (QED) is 0.811. The number of hydrogen-bond acceptors (Lipinski definition) is 3. The zero-order valence-corrected chi connectivity index (χ0v) is 13.9. The molecule has 0 spiro atoms. The molecule has 0 saturated carbocycles. The third-order valence-electron chi connectivity index (χ3n) is 3.57. The number of aliphatic carboxylic acids is 1. The lowest BCUT2D eigenvalue weighted by atomic mass is 10.1. The molecule has 6 heteroatoms. The van der Waals surface area contributed by atoms with E-state index < -0.39 is 11.9 Å². The molecule has 2 rings (SSSR count). The van der Waals surface area contributed by atoms with Crippen LogP contribution in [0.4, 0.5) is 5.69 Å². The van der Waals surface area contributed by atoms with E-state index in [1.165, 1.54) is 0 Å². The maximum absolute atomic E-state index is 12.5. The standard InChI is InChI=1S/C19H20N2O4/c1-21(13-14-6-3-2-4-7-14)19(25)15-8-5-9-16(12-15)20-17(22)10-11-18(23)24/h2-9,12H,10-11,13H2,1H3,(H,20,22)(H,23,24). The molecular formula is C19H20N2O4. The highest BCUT2D eigenvalue weighted by Crippen LogP contribution is 2.14. The zero-order valence-electron chi connectivity index (χ0n) is 13.9. The van der Waals surface area contributed by atoms with Crippen molar-refractivity contribution in [2.45, 2.75) is 19.4 Å². The maximum Gasteiger partial charge on any atom is 0.303 e. The first kappa shape index (κ1) is 18.2. The molecule has 0 aromatic heterocycles. The molecule has 130 valence electrons. The Hall–Kier alpha value is -3.15. The molecule has 6 nitrogen and oxygen atoms in total. The molecule has 0 radical (unpaired) electrons. The molecule has 0 bridgehead atoms. The van der Waals surface area contributed by atoms with Crippen LogP contribution < -0.4 is 5.32 Å². The second-order valence-electron chi connectivity index (χ2n) is 5.67. The van der Waals surface area contributed by atoms with Crippen LogP contribution in [0.5, 0.6) is 0 Å². The van der Waals surface area contributed by atoms with E-state index in [1.54, 1.807) is 36.2 Å². The van der Waals surface area contributed by atoms with Crippen LogP contribution in [0.2, 0.25) is 0 Å². The molecule has 0 saturated heterocycles. The van der Waals surface area contributed by atoms with Crippen LogP contribution in [0.3, 0.4) is 0 Å². The first-order valence-electron chi connectivity index (χ1n) is 7.87. The number of anilines is 1. The van der Waals surface area contributed by atoms with Gasteiger partial charge in [0.25, 0.3) is 5.91 Å². The Kier molecular flexibility index (Phi) is 6.28. The van der Waals surface area contributed by atoms with Gasteiger partial charge in [-0.15, -0.1) is 0 Å². The summed E-state index contributed by atoms with van der Waals surface area (Å²) in [4.78, 5) is 36.3. The van der Waals surface area contributed by atoms with E-state index in [4.69, 9.17) is 5.11 Å². The highest BCUT2D eigenvalue weighted by Gasteiger charge is 2.13. The van der Waals surface area contributed by atoms with E-state index >= 15 is 0 Å². The summed E-state index contributed by atoms with van der Waals surface area (Å²) < 4.78 is 0. The number of amides is 2. The monoisotopic (exact) mass is 340 g/mol. The molecule has 0 aliphatic heterocycles. The van der Waals surface area contributed by atoms with Gasteiger partial charge in [-0.05, 0) is 23.8 Å². The molecule has 0 fully saturated rings. The number of hydrogen-bond donors (Lipinski definition) is 2. The highest BCUT2D eigenvalue weighted by molar-refractivity contribution is 5.97. The van der Waals surface area contributed by atoms with Gasteiger partial charge in [-0.2, -0.15) is 0 Å². The number of carbonyl (C=O) groups excluding carboxylic acids is 2. The van der Waals surface area contributed by atoms with Crippen LogP contribution >= 0.6 is 0 Å². The number of nitrogens with one attached hydrogen (secondary N) is 1. The maximum atomic E-state index is 12.5. The second kappa shape index (κ2) is 8.63. The first-order chi connectivity index (χ1) is 12.0. The van der Waals surface area contributed by atoms with Crippen molar-refractivity contribution in [1.82, 2.24) is 4.90 Å². The fourth-order valence-electron chi connectivity index (χ4n) is 2.32. The van der Waals surface area contributed by atoms with Crippen molar-refractivity contribution in [2.75, 3.05) is 12.4 Å². The van der Waals surface area contributed by atoms with Gasteiger partial charge in [0.15, 0.2) is 0 Å². The van der Waals surface area contributed by atoms with Crippen molar-refractivity contribution in [3.05, 3.63) is 65.7 Å². The highest BCUT2D eigenvalue weighted by atomic mass is 16.4. The SMILES string of the molecule is CN(Cc1ccccc1)C(=O)c1cccc(NC(=O)CCC(=O)O)c1. The molecule has 2 amide bonds. The van der Waals surface area contributed by atoms with Crippen LogP contribution in [-0.4, -0.2) is 34.8 Å². The molecule has 0 heterocycles. The van der Waals surface area contributed by atoms with Crippen LogP contribution in [0.1, 0.15) is 28.8 Å². The number of benzene rings is 2. The number of carboxylic acids is 1. The lowest BCUT2D eigenvalue weighted by Gasteiger charge is -2.18. The molecule has 2 aromatic carbocycles. The summed E-state index contributed by atoms with van der Waals surface area (Å²) in [5.74, 6) is -1.59. The molecular weight excluding hydrogens is 320 g/mol. The van der Waals surface area contributed by atoms with Gasteiger partial charge in [0, 0.05) is 31.3 Å². The third kappa shape index (κ3) is 5.76. The van der Waals surface area contributed by atoms with E-state index in [-0.39, 0.29) is 18.7 Å². The molecule has 0 aliphatic rings. The Morgan fingerprint density at radius 2 is 1.72 bits per heavy atom. The second-order valence-corrected chi connectivity index (χ2v) is 5.67. The van der Waals surface area contributed by atoms with Gasteiger partial charge >= 0.3 is 5.97 Å². The molecule has 2 N–H and O–H groups in total. The Balaban J connectivity index is 2.00. The summed E-state index contributed by atoms with van der Waals surface area (Å²) in [6, 6.07) is 16.2. The normalized spacial score (nSPS) is 10.1. The van der Waals surface area contributed by atoms with Crippen LogP contribution in [0.25, 0.3) is 0 Å². The zero-order chi connectivity index (χ0) is 18.2.